The minimum absolute atomic E-state index is 0.324. The van der Waals surface area contributed by atoms with Crippen LogP contribution in [0, 0.1) is 5.92 Å². The van der Waals surface area contributed by atoms with E-state index in [1.165, 1.54) is 5.56 Å². The molecule has 0 bridgehead atoms. The molecule has 1 aromatic carbocycles. The summed E-state index contributed by atoms with van der Waals surface area (Å²) in [5, 5.41) is 9.12. The average molecular weight is 264 g/mol. The lowest BCUT2D eigenvalue weighted by molar-refractivity contribution is 0.127. The Bertz CT molecular complexity index is 414. The lowest BCUT2D eigenvalue weighted by Gasteiger charge is -2.31. The Balaban J connectivity index is 1.94. The van der Waals surface area contributed by atoms with E-state index in [-0.39, 0.29) is 0 Å². The molecule has 0 spiro atoms. The van der Waals surface area contributed by atoms with Crippen molar-refractivity contribution >= 4 is 17.2 Å². The standard InChI is InChI=1S/C14H20N2OS/c15-14(18)13-3-1-2-12(8-13)9-16-6-4-11(10-17)5-7-16/h1-3,8,11,17H,4-7,9-10H2,(H2,15,18). The molecule has 18 heavy (non-hydrogen) atoms. The Morgan fingerprint density at radius 3 is 2.72 bits per heavy atom. The third-order valence-electron chi connectivity index (χ3n) is 3.58. The maximum atomic E-state index is 9.12. The fourth-order valence-electron chi connectivity index (χ4n) is 2.41. The maximum absolute atomic E-state index is 9.12. The van der Waals surface area contributed by atoms with Crippen molar-refractivity contribution in [2.24, 2.45) is 11.7 Å². The number of aliphatic hydroxyl groups is 1. The SMILES string of the molecule is NC(=S)c1cccc(CN2CCC(CO)CC2)c1. The molecular formula is C14H20N2OS. The number of hydrogen-bond donors (Lipinski definition) is 2. The molecule has 1 heterocycles. The third-order valence-corrected chi connectivity index (χ3v) is 3.82. The molecular weight excluding hydrogens is 244 g/mol. The van der Waals surface area contributed by atoms with Gasteiger partial charge in [0, 0.05) is 18.7 Å². The highest BCUT2D eigenvalue weighted by Gasteiger charge is 2.18. The zero-order chi connectivity index (χ0) is 13.0. The van der Waals surface area contributed by atoms with Gasteiger partial charge in [-0.25, -0.2) is 0 Å². The Labute approximate surface area is 114 Å². The summed E-state index contributed by atoms with van der Waals surface area (Å²) in [6.07, 6.45) is 2.18. The fraction of sp³-hybridized carbons (Fsp3) is 0.500. The molecule has 1 fully saturated rings. The molecule has 1 aliphatic heterocycles. The second kappa shape index (κ2) is 6.27. The predicted molar refractivity (Wildman–Crippen MR) is 77.4 cm³/mol. The lowest BCUT2D eigenvalue weighted by atomic mass is 9.97. The van der Waals surface area contributed by atoms with Crippen LogP contribution < -0.4 is 5.73 Å². The highest BCUT2D eigenvalue weighted by Crippen LogP contribution is 2.18. The summed E-state index contributed by atoms with van der Waals surface area (Å²) < 4.78 is 0. The summed E-state index contributed by atoms with van der Waals surface area (Å²) in [5.74, 6) is 0.490. The number of nitrogens with two attached hydrogens (primary N) is 1. The predicted octanol–water partition coefficient (Wildman–Crippen LogP) is 1.53. The highest BCUT2D eigenvalue weighted by molar-refractivity contribution is 7.80. The van der Waals surface area contributed by atoms with Gasteiger partial charge in [0.15, 0.2) is 0 Å². The quantitative estimate of drug-likeness (QED) is 0.810. The van der Waals surface area contributed by atoms with Crippen LogP contribution in [0.15, 0.2) is 24.3 Å². The Kier molecular flexibility index (Phi) is 4.69. The van der Waals surface area contributed by atoms with Crippen LogP contribution in [0.1, 0.15) is 24.0 Å². The first-order chi connectivity index (χ1) is 8.69. The number of nitrogens with zero attached hydrogens (tertiary/aromatic N) is 1. The summed E-state index contributed by atoms with van der Waals surface area (Å²) in [4.78, 5) is 2.88. The average Bonchev–Trinajstić information content (AvgIpc) is 2.40. The van der Waals surface area contributed by atoms with Crippen LogP contribution in [-0.4, -0.2) is 34.7 Å². The van der Waals surface area contributed by atoms with Crippen molar-refractivity contribution in [3.05, 3.63) is 35.4 Å². The van der Waals surface area contributed by atoms with E-state index >= 15 is 0 Å². The number of aliphatic hydroxyl groups excluding tert-OH is 1. The van der Waals surface area contributed by atoms with Crippen molar-refractivity contribution in [3.63, 3.8) is 0 Å². The first-order valence-electron chi connectivity index (χ1n) is 6.41. The Morgan fingerprint density at radius 1 is 1.39 bits per heavy atom. The molecule has 1 saturated heterocycles. The van der Waals surface area contributed by atoms with E-state index in [0.717, 1.165) is 38.0 Å². The van der Waals surface area contributed by atoms with Crippen molar-refractivity contribution in [2.75, 3.05) is 19.7 Å². The van der Waals surface area contributed by atoms with E-state index in [0.29, 0.717) is 17.5 Å². The second-order valence-electron chi connectivity index (χ2n) is 4.97. The second-order valence-corrected chi connectivity index (χ2v) is 5.41. The zero-order valence-electron chi connectivity index (χ0n) is 10.5. The molecule has 1 aliphatic rings. The normalized spacial score (nSPS) is 17.8. The van der Waals surface area contributed by atoms with Crippen LogP contribution in [0.4, 0.5) is 0 Å². The topological polar surface area (TPSA) is 49.5 Å². The molecule has 3 N–H and O–H groups in total. The van der Waals surface area contributed by atoms with E-state index in [9.17, 15) is 0 Å². The van der Waals surface area contributed by atoms with Crippen LogP contribution in [0.2, 0.25) is 0 Å². The molecule has 2 rings (SSSR count). The van der Waals surface area contributed by atoms with E-state index in [4.69, 9.17) is 23.1 Å². The van der Waals surface area contributed by atoms with Crippen LogP contribution in [0.3, 0.4) is 0 Å². The van der Waals surface area contributed by atoms with E-state index in [2.05, 4.69) is 17.0 Å². The Hall–Kier alpha value is -0.970. The van der Waals surface area contributed by atoms with Gasteiger partial charge in [-0.2, -0.15) is 0 Å². The highest BCUT2D eigenvalue weighted by atomic mass is 32.1. The van der Waals surface area contributed by atoms with E-state index < -0.39 is 0 Å². The lowest BCUT2D eigenvalue weighted by Crippen LogP contribution is -2.34. The number of hydrogen-bond acceptors (Lipinski definition) is 3. The monoisotopic (exact) mass is 264 g/mol. The van der Waals surface area contributed by atoms with Gasteiger partial charge in [0.25, 0.3) is 0 Å². The minimum Gasteiger partial charge on any atom is -0.396 e. The smallest absolute Gasteiger partial charge is 0.103 e. The van der Waals surface area contributed by atoms with Crippen LogP contribution in [0.25, 0.3) is 0 Å². The fourth-order valence-corrected chi connectivity index (χ4v) is 2.54. The molecule has 4 heteroatoms. The molecule has 1 aromatic rings. The van der Waals surface area contributed by atoms with Gasteiger partial charge in [0.2, 0.25) is 0 Å². The van der Waals surface area contributed by atoms with Crippen molar-refractivity contribution in [3.8, 4) is 0 Å². The largest absolute Gasteiger partial charge is 0.396 e. The van der Waals surface area contributed by atoms with Gasteiger partial charge in [-0.05, 0) is 43.5 Å². The first kappa shape index (κ1) is 13.5. The molecule has 0 aliphatic carbocycles. The maximum Gasteiger partial charge on any atom is 0.103 e. The van der Waals surface area contributed by atoms with Crippen molar-refractivity contribution in [1.82, 2.24) is 4.90 Å². The van der Waals surface area contributed by atoms with Gasteiger partial charge in [-0.3, -0.25) is 4.90 Å². The summed E-state index contributed by atoms with van der Waals surface area (Å²) in [5.41, 5.74) is 7.83. The number of likely N-dealkylation sites (tertiary alicyclic amines) is 1. The van der Waals surface area contributed by atoms with Gasteiger partial charge in [-0.1, -0.05) is 30.4 Å². The summed E-state index contributed by atoms with van der Waals surface area (Å²) in [6.45, 7) is 3.38. The summed E-state index contributed by atoms with van der Waals surface area (Å²) in [7, 11) is 0. The van der Waals surface area contributed by atoms with Gasteiger partial charge < -0.3 is 10.8 Å². The molecule has 0 atom stereocenters. The van der Waals surface area contributed by atoms with Crippen LogP contribution in [0.5, 0.6) is 0 Å². The van der Waals surface area contributed by atoms with Crippen LogP contribution in [-0.2, 0) is 6.54 Å². The summed E-state index contributed by atoms with van der Waals surface area (Å²) in [6, 6.07) is 8.13. The van der Waals surface area contributed by atoms with Gasteiger partial charge in [0.1, 0.15) is 4.99 Å². The third kappa shape index (κ3) is 3.51. The first-order valence-corrected chi connectivity index (χ1v) is 6.82. The Morgan fingerprint density at radius 2 is 2.11 bits per heavy atom. The molecule has 0 aromatic heterocycles. The van der Waals surface area contributed by atoms with Crippen molar-refractivity contribution in [1.29, 1.82) is 0 Å². The molecule has 98 valence electrons. The molecule has 3 nitrogen and oxygen atoms in total. The van der Waals surface area contributed by atoms with Gasteiger partial charge in [0.05, 0.1) is 0 Å². The summed E-state index contributed by atoms with van der Waals surface area (Å²) >= 11 is 4.99. The molecule has 0 unspecified atom stereocenters. The number of thiocarbonyl (C=S) groups is 1. The number of piperidine rings is 1. The van der Waals surface area contributed by atoms with Crippen molar-refractivity contribution in [2.45, 2.75) is 19.4 Å². The van der Waals surface area contributed by atoms with E-state index in [1.54, 1.807) is 0 Å². The van der Waals surface area contributed by atoms with Gasteiger partial charge in [-0.15, -0.1) is 0 Å². The van der Waals surface area contributed by atoms with Crippen LogP contribution >= 0.6 is 12.2 Å². The molecule has 0 radical (unpaired) electrons. The van der Waals surface area contributed by atoms with Gasteiger partial charge >= 0.3 is 0 Å². The zero-order valence-corrected chi connectivity index (χ0v) is 11.3. The minimum atomic E-state index is 0.324. The van der Waals surface area contributed by atoms with Crippen molar-refractivity contribution < 1.29 is 5.11 Å². The van der Waals surface area contributed by atoms with E-state index in [1.807, 2.05) is 12.1 Å². The number of benzene rings is 1. The molecule has 0 amide bonds. The number of rotatable bonds is 4. The molecule has 0 saturated carbocycles.